The van der Waals surface area contributed by atoms with Crippen LogP contribution in [-0.4, -0.2) is 27.5 Å². The van der Waals surface area contributed by atoms with Crippen molar-refractivity contribution in [3.05, 3.63) is 21.0 Å². The van der Waals surface area contributed by atoms with Gasteiger partial charge in [0.05, 0.1) is 25.0 Å². The van der Waals surface area contributed by atoms with Gasteiger partial charge in [0.25, 0.3) is 5.56 Å². The van der Waals surface area contributed by atoms with Gasteiger partial charge in [0, 0.05) is 6.04 Å². The summed E-state index contributed by atoms with van der Waals surface area (Å²) in [6.45, 7) is 8.93. The molecule has 0 bridgehead atoms. The molecular weight excluding hydrogens is 310 g/mol. The van der Waals surface area contributed by atoms with E-state index in [1.807, 2.05) is 0 Å². The zero-order valence-electron chi connectivity index (χ0n) is 11.7. The Kier molecular flexibility index (Phi) is 3.51. The van der Waals surface area contributed by atoms with Crippen LogP contribution in [0.15, 0.2) is 15.5 Å². The molecule has 0 spiro atoms. The molecule has 0 atom stereocenters. The van der Waals surface area contributed by atoms with E-state index >= 15 is 0 Å². The van der Waals surface area contributed by atoms with Crippen LogP contribution < -0.4 is 10.9 Å². The second-order valence-electron chi connectivity index (χ2n) is 6.14. The smallest absolute Gasteiger partial charge is 0.283 e. The number of aromatic nitrogens is 2. The highest BCUT2D eigenvalue weighted by atomic mass is 79.9. The number of nitrogens with one attached hydrogen (secondary N) is 1. The average Bonchev–Trinajstić information content (AvgIpc) is 2.71. The zero-order valence-corrected chi connectivity index (χ0v) is 13.3. The van der Waals surface area contributed by atoms with Crippen LogP contribution in [-0.2, 0) is 6.54 Å². The molecule has 1 saturated carbocycles. The predicted molar refractivity (Wildman–Crippen MR) is 78.3 cm³/mol. The Morgan fingerprint density at radius 1 is 1.42 bits per heavy atom. The zero-order chi connectivity index (χ0) is 14.4. The van der Waals surface area contributed by atoms with E-state index in [4.69, 9.17) is 5.11 Å². The van der Waals surface area contributed by atoms with Crippen LogP contribution in [0.1, 0.15) is 27.7 Å². The summed E-state index contributed by atoms with van der Waals surface area (Å²) in [6, 6.07) is 0.311. The summed E-state index contributed by atoms with van der Waals surface area (Å²) < 4.78 is 1.72. The Morgan fingerprint density at radius 3 is 2.47 bits per heavy atom. The molecule has 6 heteroatoms. The highest BCUT2D eigenvalue weighted by molar-refractivity contribution is 9.10. The minimum absolute atomic E-state index is 0.102. The quantitative estimate of drug-likeness (QED) is 0.884. The molecule has 0 radical (unpaired) electrons. The molecule has 0 aromatic carbocycles. The Balaban J connectivity index is 2.25. The molecule has 1 aliphatic rings. The van der Waals surface area contributed by atoms with Crippen LogP contribution in [0, 0.1) is 10.8 Å². The standard InChI is InChI=1S/C13H20BrN3O2/c1-12(2)11(13(12,3)4)16-8-7-15-17(5-6-18)10(19)9(8)14/h7,11,16,18H,5-6H2,1-4H3. The fourth-order valence-electron chi connectivity index (χ4n) is 2.53. The van der Waals surface area contributed by atoms with Crippen molar-refractivity contribution in [1.29, 1.82) is 0 Å². The molecule has 0 aliphatic heterocycles. The first-order valence-electron chi connectivity index (χ1n) is 6.36. The van der Waals surface area contributed by atoms with Gasteiger partial charge >= 0.3 is 0 Å². The normalized spacial score (nSPS) is 20.3. The average molecular weight is 330 g/mol. The van der Waals surface area contributed by atoms with Gasteiger partial charge in [0.15, 0.2) is 0 Å². The van der Waals surface area contributed by atoms with Gasteiger partial charge in [-0.3, -0.25) is 4.79 Å². The number of nitrogens with zero attached hydrogens (tertiary/aromatic N) is 2. The van der Waals surface area contributed by atoms with Gasteiger partial charge in [0.1, 0.15) is 4.47 Å². The SMILES string of the molecule is CC1(C)C(Nc2cnn(CCO)c(=O)c2Br)C1(C)C. The Bertz CT molecular complexity index is 537. The van der Waals surface area contributed by atoms with Crippen LogP contribution >= 0.6 is 15.9 Å². The predicted octanol–water partition coefficient (Wildman–Crippen LogP) is 1.84. The van der Waals surface area contributed by atoms with E-state index in [1.54, 1.807) is 6.20 Å². The Hall–Kier alpha value is -0.880. The van der Waals surface area contributed by atoms with Crippen LogP contribution in [0.5, 0.6) is 0 Å². The van der Waals surface area contributed by atoms with Crippen LogP contribution in [0.2, 0.25) is 0 Å². The van der Waals surface area contributed by atoms with E-state index in [2.05, 4.69) is 54.0 Å². The maximum absolute atomic E-state index is 12.0. The van der Waals surface area contributed by atoms with Gasteiger partial charge in [0.2, 0.25) is 0 Å². The van der Waals surface area contributed by atoms with Crippen molar-refractivity contribution < 1.29 is 5.11 Å². The molecule has 0 amide bonds. The fraction of sp³-hybridized carbons (Fsp3) is 0.692. The lowest BCUT2D eigenvalue weighted by Gasteiger charge is -2.11. The van der Waals surface area contributed by atoms with Crippen molar-refractivity contribution in [2.45, 2.75) is 40.3 Å². The summed E-state index contributed by atoms with van der Waals surface area (Å²) in [5.41, 5.74) is 0.858. The van der Waals surface area contributed by atoms with E-state index in [9.17, 15) is 4.79 Å². The summed E-state index contributed by atoms with van der Waals surface area (Å²) in [6.07, 6.45) is 1.63. The van der Waals surface area contributed by atoms with Crippen molar-refractivity contribution >= 4 is 21.6 Å². The number of hydrogen-bond acceptors (Lipinski definition) is 4. The number of anilines is 1. The number of rotatable bonds is 4. The molecule has 1 aliphatic carbocycles. The maximum Gasteiger partial charge on any atom is 0.283 e. The van der Waals surface area contributed by atoms with Crippen molar-refractivity contribution in [3.8, 4) is 0 Å². The van der Waals surface area contributed by atoms with Gasteiger partial charge in [-0.1, -0.05) is 27.7 Å². The summed E-state index contributed by atoms with van der Waals surface area (Å²) in [5.74, 6) is 0. The molecule has 0 unspecified atom stereocenters. The van der Waals surface area contributed by atoms with Gasteiger partial charge in [-0.15, -0.1) is 0 Å². The summed E-state index contributed by atoms with van der Waals surface area (Å²) >= 11 is 3.31. The first kappa shape index (κ1) is 14.5. The molecular formula is C13H20BrN3O2. The van der Waals surface area contributed by atoms with Crippen LogP contribution in [0.4, 0.5) is 5.69 Å². The van der Waals surface area contributed by atoms with Crippen molar-refractivity contribution in [2.24, 2.45) is 10.8 Å². The lowest BCUT2D eigenvalue weighted by Crippen LogP contribution is -2.26. The van der Waals surface area contributed by atoms with Crippen molar-refractivity contribution in [2.75, 3.05) is 11.9 Å². The largest absolute Gasteiger partial charge is 0.394 e. The highest BCUT2D eigenvalue weighted by Crippen LogP contribution is 2.63. The van der Waals surface area contributed by atoms with Crippen molar-refractivity contribution in [1.82, 2.24) is 9.78 Å². The molecule has 0 saturated heterocycles. The summed E-state index contributed by atoms with van der Waals surface area (Å²) in [5, 5.41) is 16.3. The monoisotopic (exact) mass is 329 g/mol. The maximum atomic E-state index is 12.0. The molecule has 2 rings (SSSR count). The topological polar surface area (TPSA) is 67.2 Å². The highest BCUT2D eigenvalue weighted by Gasteiger charge is 2.65. The number of halogens is 1. The summed E-state index contributed by atoms with van der Waals surface area (Å²) in [4.78, 5) is 12.0. The molecule has 106 valence electrons. The molecule has 1 aromatic heterocycles. The lowest BCUT2D eigenvalue weighted by molar-refractivity contribution is 0.266. The fourth-order valence-corrected chi connectivity index (χ4v) is 2.95. The first-order valence-corrected chi connectivity index (χ1v) is 7.16. The molecule has 2 N–H and O–H groups in total. The van der Waals surface area contributed by atoms with E-state index in [0.29, 0.717) is 16.2 Å². The molecule has 1 heterocycles. The summed E-state index contributed by atoms with van der Waals surface area (Å²) in [7, 11) is 0. The molecule has 1 fully saturated rings. The number of aliphatic hydroxyl groups is 1. The molecule has 5 nitrogen and oxygen atoms in total. The minimum atomic E-state index is -0.227. The van der Waals surface area contributed by atoms with E-state index in [0.717, 1.165) is 0 Å². The second kappa shape index (κ2) is 4.59. The second-order valence-corrected chi connectivity index (χ2v) is 6.94. The van der Waals surface area contributed by atoms with Crippen LogP contribution in [0.3, 0.4) is 0 Å². The lowest BCUT2D eigenvalue weighted by atomic mass is 10.0. The molecule has 1 aromatic rings. The van der Waals surface area contributed by atoms with Crippen LogP contribution in [0.25, 0.3) is 0 Å². The van der Waals surface area contributed by atoms with Gasteiger partial charge in [-0.25, -0.2) is 4.68 Å². The third-order valence-corrected chi connectivity index (χ3v) is 5.38. The van der Waals surface area contributed by atoms with Crippen molar-refractivity contribution in [3.63, 3.8) is 0 Å². The van der Waals surface area contributed by atoms with E-state index < -0.39 is 0 Å². The minimum Gasteiger partial charge on any atom is -0.394 e. The van der Waals surface area contributed by atoms with E-state index in [1.165, 1.54) is 4.68 Å². The first-order chi connectivity index (χ1) is 8.73. The third-order valence-electron chi connectivity index (χ3n) is 4.62. The van der Waals surface area contributed by atoms with Gasteiger partial charge in [-0.05, 0) is 26.8 Å². The van der Waals surface area contributed by atoms with Gasteiger partial charge < -0.3 is 10.4 Å². The molecule has 19 heavy (non-hydrogen) atoms. The Morgan fingerprint density at radius 2 is 2.00 bits per heavy atom. The number of hydrogen-bond donors (Lipinski definition) is 2. The number of aliphatic hydroxyl groups excluding tert-OH is 1. The van der Waals surface area contributed by atoms with Gasteiger partial charge in [-0.2, -0.15) is 5.10 Å². The van der Waals surface area contributed by atoms with E-state index in [-0.39, 0.29) is 29.5 Å². The third kappa shape index (κ3) is 2.21. The Labute approximate surface area is 121 Å².